The van der Waals surface area contributed by atoms with Crippen molar-refractivity contribution in [1.29, 1.82) is 0 Å². The third-order valence-electron chi connectivity index (χ3n) is 6.17. The molecule has 1 N–H and O–H groups in total. The second-order valence-corrected chi connectivity index (χ2v) is 9.44. The molecular formula is C30H54O6. The number of methoxy groups -OCH3 is 1. The first kappa shape index (κ1) is 32.7. The van der Waals surface area contributed by atoms with Gasteiger partial charge in [0.25, 0.3) is 0 Å². The lowest BCUT2D eigenvalue weighted by Crippen LogP contribution is -2.12. The van der Waals surface area contributed by atoms with Gasteiger partial charge in [-0.3, -0.25) is 0 Å². The fourth-order valence-corrected chi connectivity index (χ4v) is 4.13. The van der Waals surface area contributed by atoms with Gasteiger partial charge in [0.2, 0.25) is 0 Å². The molecule has 0 unspecified atom stereocenters. The van der Waals surface area contributed by atoms with Gasteiger partial charge < -0.3 is 28.8 Å². The molecule has 0 saturated carbocycles. The van der Waals surface area contributed by atoms with Crippen molar-refractivity contribution in [3.63, 3.8) is 0 Å². The number of ether oxygens (including phenoxy) is 5. The van der Waals surface area contributed by atoms with Crippen LogP contribution in [-0.4, -0.2) is 65.1 Å². The number of aryl methyl sites for hydroxylation is 1. The highest BCUT2D eigenvalue weighted by Gasteiger charge is 2.05. The molecule has 0 aliphatic carbocycles. The summed E-state index contributed by atoms with van der Waals surface area (Å²) >= 11 is 0. The lowest BCUT2D eigenvalue weighted by atomic mass is 10.0. The Bertz CT molecular complexity index is 595. The number of rotatable bonds is 27. The lowest BCUT2D eigenvalue weighted by molar-refractivity contribution is 0.0179. The van der Waals surface area contributed by atoms with Gasteiger partial charge in [-0.15, -0.1) is 0 Å². The summed E-state index contributed by atoms with van der Waals surface area (Å²) in [5.74, 6) is 1.54. The quantitative estimate of drug-likeness (QED) is 0.132. The minimum Gasteiger partial charge on any atom is -0.491 e. The molecule has 1 rings (SSSR count). The molecule has 0 atom stereocenters. The van der Waals surface area contributed by atoms with Crippen LogP contribution in [0, 0.1) is 0 Å². The maximum atomic E-state index is 9.10. The van der Waals surface area contributed by atoms with Crippen LogP contribution in [0.5, 0.6) is 11.5 Å². The smallest absolute Gasteiger partial charge is 0.123 e. The van der Waals surface area contributed by atoms with Crippen molar-refractivity contribution in [2.75, 3.05) is 60.0 Å². The molecule has 0 aliphatic rings. The summed E-state index contributed by atoms with van der Waals surface area (Å²) in [6, 6.07) is 6.05. The van der Waals surface area contributed by atoms with Crippen LogP contribution in [0.15, 0.2) is 18.2 Å². The molecule has 6 heteroatoms. The second kappa shape index (κ2) is 25.3. The Hall–Kier alpha value is -1.34. The minimum absolute atomic E-state index is 0.000429. The number of hydrogen-bond acceptors (Lipinski definition) is 6. The average molecular weight is 511 g/mol. The van der Waals surface area contributed by atoms with E-state index in [-0.39, 0.29) is 13.2 Å². The van der Waals surface area contributed by atoms with Gasteiger partial charge in [-0.1, -0.05) is 84.0 Å². The van der Waals surface area contributed by atoms with Crippen LogP contribution in [0.2, 0.25) is 0 Å². The molecule has 0 bridgehead atoms. The van der Waals surface area contributed by atoms with E-state index in [1.807, 2.05) is 6.07 Å². The first-order valence-electron chi connectivity index (χ1n) is 14.4. The van der Waals surface area contributed by atoms with Crippen molar-refractivity contribution in [1.82, 2.24) is 0 Å². The van der Waals surface area contributed by atoms with Gasteiger partial charge in [-0.25, -0.2) is 0 Å². The number of hydrogen-bond donors (Lipinski definition) is 1. The summed E-state index contributed by atoms with van der Waals surface area (Å²) in [7, 11) is 1.66. The lowest BCUT2D eigenvalue weighted by Gasteiger charge is -2.12. The van der Waals surface area contributed by atoms with Gasteiger partial charge in [0.05, 0.1) is 39.6 Å². The highest BCUT2D eigenvalue weighted by Crippen LogP contribution is 2.25. The molecule has 1 aromatic carbocycles. The van der Waals surface area contributed by atoms with E-state index < -0.39 is 0 Å². The Morgan fingerprint density at radius 2 is 1.03 bits per heavy atom. The maximum absolute atomic E-state index is 9.10. The summed E-state index contributed by atoms with van der Waals surface area (Å²) in [5, 5.41) is 9.10. The van der Waals surface area contributed by atoms with Crippen molar-refractivity contribution in [2.24, 2.45) is 0 Å². The van der Waals surface area contributed by atoms with Crippen molar-refractivity contribution < 1.29 is 28.8 Å². The molecule has 0 spiro atoms. The van der Waals surface area contributed by atoms with Gasteiger partial charge >= 0.3 is 0 Å². The predicted octanol–water partition coefficient (Wildman–Crippen LogP) is 6.75. The summed E-state index contributed by atoms with van der Waals surface area (Å²) in [5.41, 5.74) is 1.22. The number of aliphatic hydroxyl groups excluding tert-OH is 1. The van der Waals surface area contributed by atoms with Crippen LogP contribution >= 0.6 is 0 Å². The van der Waals surface area contributed by atoms with E-state index in [9.17, 15) is 0 Å². The molecule has 36 heavy (non-hydrogen) atoms. The topological polar surface area (TPSA) is 66.4 Å². The van der Waals surface area contributed by atoms with Gasteiger partial charge in [-0.2, -0.15) is 0 Å². The fourth-order valence-electron chi connectivity index (χ4n) is 4.13. The van der Waals surface area contributed by atoms with Crippen LogP contribution in [0.4, 0.5) is 0 Å². The first-order chi connectivity index (χ1) is 17.8. The number of aliphatic hydroxyl groups is 1. The normalized spacial score (nSPS) is 11.2. The van der Waals surface area contributed by atoms with Crippen LogP contribution in [0.1, 0.15) is 96.0 Å². The third-order valence-corrected chi connectivity index (χ3v) is 6.17. The fraction of sp³-hybridized carbons (Fsp3) is 0.800. The summed E-state index contributed by atoms with van der Waals surface area (Å²) in [4.78, 5) is 0. The van der Waals surface area contributed by atoms with Crippen LogP contribution in [-0.2, 0) is 20.6 Å². The molecule has 210 valence electrons. The van der Waals surface area contributed by atoms with E-state index in [4.69, 9.17) is 28.8 Å². The number of unbranched alkanes of at least 4 members (excludes halogenated alkanes) is 12. The third kappa shape index (κ3) is 19.8. The predicted molar refractivity (Wildman–Crippen MR) is 147 cm³/mol. The number of benzene rings is 1. The molecule has 6 nitrogen and oxygen atoms in total. The maximum Gasteiger partial charge on any atom is 0.123 e. The first-order valence-corrected chi connectivity index (χ1v) is 14.4. The van der Waals surface area contributed by atoms with Crippen molar-refractivity contribution in [3.05, 3.63) is 23.8 Å². The minimum atomic E-state index is -0.000429. The molecule has 0 amide bonds. The highest BCUT2D eigenvalue weighted by atomic mass is 16.6. The van der Waals surface area contributed by atoms with Crippen LogP contribution in [0.3, 0.4) is 0 Å². The van der Waals surface area contributed by atoms with Gasteiger partial charge in [0.1, 0.15) is 24.7 Å². The molecule has 0 saturated heterocycles. The molecule has 0 aliphatic heterocycles. The van der Waals surface area contributed by atoms with E-state index in [2.05, 4.69) is 19.1 Å². The van der Waals surface area contributed by atoms with Crippen LogP contribution < -0.4 is 9.47 Å². The standard InChI is InChI=1S/C30H54O6/c1-3-4-5-6-7-8-9-10-11-12-13-14-15-16-28-25-29(35-18-17-31)27-30(26-28)36-24-23-34-22-21-33-20-19-32-2/h25-27,31H,3-24H2,1-2H3. The second-order valence-electron chi connectivity index (χ2n) is 9.44. The van der Waals surface area contributed by atoms with Crippen molar-refractivity contribution in [3.8, 4) is 11.5 Å². The van der Waals surface area contributed by atoms with Crippen molar-refractivity contribution in [2.45, 2.75) is 96.8 Å². The van der Waals surface area contributed by atoms with E-state index >= 15 is 0 Å². The zero-order valence-corrected chi connectivity index (χ0v) is 23.3. The molecule has 1 aromatic rings. The van der Waals surface area contributed by atoms with E-state index in [1.165, 1.54) is 89.0 Å². The Balaban J connectivity index is 2.19. The SMILES string of the molecule is CCCCCCCCCCCCCCCc1cc(OCCO)cc(OCCOCCOCCOC)c1. The summed E-state index contributed by atoms with van der Waals surface area (Å²) < 4.78 is 27.4. The highest BCUT2D eigenvalue weighted by molar-refractivity contribution is 5.38. The molecule has 0 fully saturated rings. The summed E-state index contributed by atoms with van der Waals surface area (Å²) in [6.45, 7) is 5.81. The van der Waals surface area contributed by atoms with E-state index in [0.29, 0.717) is 39.6 Å². The van der Waals surface area contributed by atoms with Crippen molar-refractivity contribution >= 4 is 0 Å². The molecular weight excluding hydrogens is 456 g/mol. The molecule has 0 aromatic heterocycles. The average Bonchev–Trinajstić information content (AvgIpc) is 2.89. The van der Waals surface area contributed by atoms with Crippen LogP contribution in [0.25, 0.3) is 0 Å². The van der Waals surface area contributed by atoms with Gasteiger partial charge in [0, 0.05) is 13.2 Å². The van der Waals surface area contributed by atoms with Gasteiger partial charge in [0.15, 0.2) is 0 Å². The monoisotopic (exact) mass is 510 g/mol. The van der Waals surface area contributed by atoms with E-state index in [1.54, 1.807) is 7.11 Å². The Labute approximate surface area is 221 Å². The zero-order chi connectivity index (χ0) is 25.9. The zero-order valence-electron chi connectivity index (χ0n) is 23.3. The Kier molecular flexibility index (Phi) is 23.0. The Morgan fingerprint density at radius 1 is 0.556 bits per heavy atom. The molecule has 0 heterocycles. The largest absolute Gasteiger partial charge is 0.491 e. The summed E-state index contributed by atoms with van der Waals surface area (Å²) in [6.07, 6.45) is 18.7. The Morgan fingerprint density at radius 3 is 1.56 bits per heavy atom. The van der Waals surface area contributed by atoms with Gasteiger partial charge in [-0.05, 0) is 30.5 Å². The molecule has 0 radical (unpaired) electrons. The van der Waals surface area contributed by atoms with E-state index in [0.717, 1.165) is 17.9 Å².